The molecule has 0 saturated heterocycles. The molecule has 1 radical (unpaired) electrons. The Hall–Kier alpha value is -1.44. The van der Waals surface area contributed by atoms with Gasteiger partial charge in [-0.3, -0.25) is 0 Å². The van der Waals surface area contributed by atoms with Gasteiger partial charge in [0.1, 0.15) is 5.58 Å². The zero-order chi connectivity index (χ0) is 6.97. The van der Waals surface area contributed by atoms with Gasteiger partial charge in [-0.1, -0.05) is 12.1 Å². The maximum Gasteiger partial charge on any atom is 0.195 e. The van der Waals surface area contributed by atoms with Crippen LogP contribution in [-0.4, -0.2) is 0 Å². The van der Waals surface area contributed by atoms with Gasteiger partial charge >= 0.3 is 0 Å². The van der Waals surface area contributed by atoms with Gasteiger partial charge in [0.15, 0.2) is 6.26 Å². The van der Waals surface area contributed by atoms with Gasteiger partial charge in [-0.25, -0.2) is 0 Å². The van der Waals surface area contributed by atoms with Crippen LogP contribution >= 0.6 is 0 Å². The van der Waals surface area contributed by atoms with E-state index < -0.39 is 0 Å². The number of rotatable bonds is 0. The number of benzene rings is 1. The lowest BCUT2D eigenvalue weighted by Gasteiger charge is -1.84. The predicted octanol–water partition coefficient (Wildman–Crippen LogP) is 1.82. The third kappa shape index (κ3) is 0.589. The first kappa shape index (κ1) is 5.35. The molecule has 0 amide bonds. The van der Waals surface area contributed by atoms with Crippen LogP contribution < -0.4 is 5.73 Å². The highest BCUT2D eigenvalue weighted by molar-refractivity contribution is 5.88. The summed E-state index contributed by atoms with van der Waals surface area (Å²) in [5.41, 5.74) is 6.90. The maximum absolute atomic E-state index is 5.53. The van der Waals surface area contributed by atoms with Gasteiger partial charge in [0.05, 0.1) is 5.69 Å². The van der Waals surface area contributed by atoms with Gasteiger partial charge in [0, 0.05) is 5.39 Å². The molecule has 10 heavy (non-hydrogen) atoms. The van der Waals surface area contributed by atoms with E-state index in [1.807, 2.05) is 24.3 Å². The number of para-hydroxylation sites is 1. The number of hydrogen-bond donors (Lipinski definition) is 1. The van der Waals surface area contributed by atoms with E-state index in [2.05, 4.69) is 6.26 Å². The molecular weight excluding hydrogens is 126 g/mol. The summed E-state index contributed by atoms with van der Waals surface area (Å²) in [6.45, 7) is 0. The van der Waals surface area contributed by atoms with E-state index >= 15 is 0 Å². The second-order valence-electron chi connectivity index (χ2n) is 2.11. The number of fused-ring (bicyclic) bond motifs is 1. The first-order chi connectivity index (χ1) is 4.88. The molecule has 0 saturated carbocycles. The Morgan fingerprint density at radius 1 is 1.30 bits per heavy atom. The van der Waals surface area contributed by atoms with Crippen LogP contribution in [0.1, 0.15) is 0 Å². The second-order valence-corrected chi connectivity index (χ2v) is 2.11. The number of furan rings is 1. The normalized spacial score (nSPS) is 10.4. The van der Waals surface area contributed by atoms with Crippen molar-refractivity contribution < 1.29 is 4.42 Å². The van der Waals surface area contributed by atoms with Crippen molar-refractivity contribution in [3.63, 3.8) is 0 Å². The Balaban J connectivity index is 2.93. The Bertz CT molecular complexity index is 351. The molecule has 0 spiro atoms. The standard InChI is InChI=1S/C8H6NO/c9-7-5-10-8-4-2-1-3-6(7)8/h1-4H,9H2. The van der Waals surface area contributed by atoms with Crippen molar-refractivity contribution in [2.75, 3.05) is 5.73 Å². The Kier molecular flexibility index (Phi) is 0.947. The summed E-state index contributed by atoms with van der Waals surface area (Å²) in [4.78, 5) is 0. The van der Waals surface area contributed by atoms with Crippen molar-refractivity contribution in [3.05, 3.63) is 30.5 Å². The smallest absolute Gasteiger partial charge is 0.195 e. The molecule has 1 aromatic carbocycles. The largest absolute Gasteiger partial charge is 0.450 e. The molecule has 1 aromatic heterocycles. The first-order valence-electron chi connectivity index (χ1n) is 3.02. The van der Waals surface area contributed by atoms with Crippen LogP contribution in [0, 0.1) is 6.26 Å². The molecule has 0 aliphatic rings. The zero-order valence-electron chi connectivity index (χ0n) is 5.29. The molecule has 2 heteroatoms. The van der Waals surface area contributed by atoms with Gasteiger partial charge in [-0.2, -0.15) is 0 Å². The molecular formula is C8H6NO. The Labute approximate surface area is 58.2 Å². The van der Waals surface area contributed by atoms with E-state index in [1.165, 1.54) is 0 Å². The number of anilines is 1. The highest BCUT2D eigenvalue weighted by atomic mass is 16.3. The summed E-state index contributed by atoms with van der Waals surface area (Å²) >= 11 is 0. The van der Waals surface area contributed by atoms with E-state index in [0.717, 1.165) is 11.0 Å². The first-order valence-corrected chi connectivity index (χ1v) is 3.02. The molecule has 1 heterocycles. The van der Waals surface area contributed by atoms with Crippen molar-refractivity contribution >= 4 is 16.7 Å². The zero-order valence-corrected chi connectivity index (χ0v) is 5.29. The van der Waals surface area contributed by atoms with Crippen molar-refractivity contribution in [3.8, 4) is 0 Å². The molecule has 0 atom stereocenters. The summed E-state index contributed by atoms with van der Waals surface area (Å²) in [7, 11) is 0. The van der Waals surface area contributed by atoms with Crippen LogP contribution in [0.5, 0.6) is 0 Å². The fraction of sp³-hybridized carbons (Fsp3) is 0. The van der Waals surface area contributed by atoms with Gasteiger partial charge < -0.3 is 10.2 Å². The van der Waals surface area contributed by atoms with Gasteiger partial charge in [-0.05, 0) is 12.1 Å². The van der Waals surface area contributed by atoms with Crippen LogP contribution in [0.2, 0.25) is 0 Å². The Morgan fingerprint density at radius 3 is 2.90 bits per heavy atom. The quantitative estimate of drug-likeness (QED) is 0.593. The van der Waals surface area contributed by atoms with Crippen molar-refractivity contribution in [1.29, 1.82) is 0 Å². The number of hydrogen-bond acceptors (Lipinski definition) is 2. The molecule has 0 fully saturated rings. The average Bonchev–Trinajstić information content (AvgIpc) is 2.34. The van der Waals surface area contributed by atoms with E-state index in [9.17, 15) is 0 Å². The van der Waals surface area contributed by atoms with Crippen LogP contribution in [0.25, 0.3) is 11.0 Å². The average molecular weight is 132 g/mol. The SMILES string of the molecule is Nc1[c]oc2ccccc12. The highest BCUT2D eigenvalue weighted by Crippen LogP contribution is 2.20. The molecule has 0 aliphatic heterocycles. The minimum absolute atomic E-state index is 0.579. The third-order valence-corrected chi connectivity index (χ3v) is 1.45. The maximum atomic E-state index is 5.53. The van der Waals surface area contributed by atoms with Crippen LogP contribution in [0.4, 0.5) is 5.69 Å². The van der Waals surface area contributed by atoms with Crippen molar-refractivity contribution in [2.45, 2.75) is 0 Å². The lowest BCUT2D eigenvalue weighted by atomic mass is 10.2. The molecule has 0 bridgehead atoms. The lowest BCUT2D eigenvalue weighted by Crippen LogP contribution is -1.78. The minimum atomic E-state index is 0.579. The molecule has 2 rings (SSSR count). The lowest BCUT2D eigenvalue weighted by molar-refractivity contribution is 0.607. The summed E-state index contributed by atoms with van der Waals surface area (Å²) in [5.74, 6) is 0. The second kappa shape index (κ2) is 1.77. The Morgan fingerprint density at radius 2 is 2.10 bits per heavy atom. The fourth-order valence-corrected chi connectivity index (χ4v) is 0.943. The highest BCUT2D eigenvalue weighted by Gasteiger charge is 1.99. The molecule has 2 aromatic rings. The fourth-order valence-electron chi connectivity index (χ4n) is 0.943. The van der Waals surface area contributed by atoms with Crippen molar-refractivity contribution in [2.24, 2.45) is 0 Å². The van der Waals surface area contributed by atoms with E-state index in [-0.39, 0.29) is 0 Å². The molecule has 0 unspecified atom stereocenters. The molecule has 49 valence electrons. The predicted molar refractivity (Wildman–Crippen MR) is 39.5 cm³/mol. The minimum Gasteiger partial charge on any atom is -0.450 e. The van der Waals surface area contributed by atoms with E-state index in [4.69, 9.17) is 10.2 Å². The van der Waals surface area contributed by atoms with Crippen molar-refractivity contribution in [1.82, 2.24) is 0 Å². The summed E-state index contributed by atoms with van der Waals surface area (Å²) in [6, 6.07) is 7.59. The number of nitrogens with two attached hydrogens (primary N) is 1. The molecule has 0 aliphatic carbocycles. The van der Waals surface area contributed by atoms with Gasteiger partial charge in [0.2, 0.25) is 0 Å². The van der Waals surface area contributed by atoms with E-state index in [0.29, 0.717) is 5.69 Å². The number of nitrogen functional groups attached to an aromatic ring is 1. The summed E-state index contributed by atoms with van der Waals surface area (Å²) < 4.78 is 5.00. The van der Waals surface area contributed by atoms with Crippen LogP contribution in [0.3, 0.4) is 0 Å². The summed E-state index contributed by atoms with van der Waals surface area (Å²) in [6.07, 6.45) is 2.58. The van der Waals surface area contributed by atoms with E-state index in [1.54, 1.807) is 0 Å². The van der Waals surface area contributed by atoms with Gasteiger partial charge in [0.25, 0.3) is 0 Å². The van der Waals surface area contributed by atoms with Gasteiger partial charge in [-0.15, -0.1) is 0 Å². The topological polar surface area (TPSA) is 39.2 Å². The summed E-state index contributed by atoms with van der Waals surface area (Å²) in [5, 5.41) is 0.933. The molecule has 2 nitrogen and oxygen atoms in total. The third-order valence-electron chi connectivity index (χ3n) is 1.45. The monoisotopic (exact) mass is 132 g/mol. The molecule has 2 N–H and O–H groups in total. The van der Waals surface area contributed by atoms with Crippen LogP contribution in [0.15, 0.2) is 28.7 Å². The van der Waals surface area contributed by atoms with Crippen LogP contribution in [-0.2, 0) is 0 Å².